The van der Waals surface area contributed by atoms with Crippen LogP contribution < -0.4 is 11.1 Å². The molecule has 0 saturated carbocycles. The van der Waals surface area contributed by atoms with Crippen LogP contribution >= 0.6 is 11.3 Å². The number of anilines is 1. The number of hydrogen-bond acceptors (Lipinski definition) is 6. The molecule has 1 aromatic heterocycles. The molecule has 0 saturated heterocycles. The maximum Gasteiger partial charge on any atom is 0.294 e. The van der Waals surface area contributed by atoms with Crippen LogP contribution in [0.2, 0.25) is 0 Å². The zero-order chi connectivity index (χ0) is 13.4. The summed E-state index contributed by atoms with van der Waals surface area (Å²) in [5, 5.41) is 7.83. The van der Waals surface area contributed by atoms with Crippen LogP contribution in [0, 0.1) is 0 Å². The number of amides is 2. The topological polar surface area (TPSA) is 104 Å². The van der Waals surface area contributed by atoms with Crippen LogP contribution in [0.1, 0.15) is 25.5 Å². The van der Waals surface area contributed by atoms with Gasteiger partial charge in [0, 0.05) is 5.38 Å². The summed E-state index contributed by atoms with van der Waals surface area (Å²) in [5.74, 6) is -0.977. The summed E-state index contributed by atoms with van der Waals surface area (Å²) in [7, 11) is 0. The summed E-state index contributed by atoms with van der Waals surface area (Å²) in [5.41, 5.74) is 7.15. The Bertz CT molecular complexity index is 444. The van der Waals surface area contributed by atoms with Crippen LogP contribution in [0.3, 0.4) is 0 Å². The van der Waals surface area contributed by atoms with Gasteiger partial charge in [0.2, 0.25) is 6.41 Å². The summed E-state index contributed by atoms with van der Waals surface area (Å²) in [6.45, 7) is 2.39. The second kappa shape index (κ2) is 7.38. The third-order valence-electron chi connectivity index (χ3n) is 1.89. The highest BCUT2D eigenvalue weighted by Gasteiger charge is 2.16. The maximum atomic E-state index is 11.1. The Kier molecular flexibility index (Phi) is 5.78. The van der Waals surface area contributed by atoms with Crippen molar-refractivity contribution in [3.8, 4) is 0 Å². The van der Waals surface area contributed by atoms with E-state index in [-0.39, 0.29) is 11.4 Å². The minimum Gasteiger partial charge on any atom is -0.395 e. The molecule has 0 aliphatic carbocycles. The first kappa shape index (κ1) is 14.1. The van der Waals surface area contributed by atoms with E-state index >= 15 is 0 Å². The monoisotopic (exact) mass is 269 g/mol. The molecular formula is C10H13N4O3S. The van der Waals surface area contributed by atoms with Gasteiger partial charge in [0.25, 0.3) is 5.91 Å². The number of carbonyl (C=O) groups excluding carboxylic acids is 2. The molecule has 97 valence electrons. The molecule has 0 spiro atoms. The van der Waals surface area contributed by atoms with Crippen molar-refractivity contribution >= 4 is 34.5 Å². The van der Waals surface area contributed by atoms with Crippen molar-refractivity contribution in [2.24, 2.45) is 5.16 Å². The van der Waals surface area contributed by atoms with Crippen molar-refractivity contribution in [3.05, 3.63) is 11.1 Å². The summed E-state index contributed by atoms with van der Waals surface area (Å²) >= 11 is 1.14. The van der Waals surface area contributed by atoms with Gasteiger partial charge in [-0.3, -0.25) is 15.3 Å². The van der Waals surface area contributed by atoms with Gasteiger partial charge in [0.1, 0.15) is 12.3 Å². The summed E-state index contributed by atoms with van der Waals surface area (Å²) in [6, 6.07) is 0. The fourth-order valence-electron chi connectivity index (χ4n) is 1.02. The van der Waals surface area contributed by atoms with E-state index in [1.807, 2.05) is 6.92 Å². The molecule has 7 nitrogen and oxygen atoms in total. The van der Waals surface area contributed by atoms with Crippen molar-refractivity contribution in [2.45, 2.75) is 19.8 Å². The Morgan fingerprint density at radius 2 is 2.50 bits per heavy atom. The lowest BCUT2D eigenvalue weighted by molar-refractivity contribution is -0.112. The first-order chi connectivity index (χ1) is 8.69. The quantitative estimate of drug-likeness (QED) is 0.329. The molecule has 1 heterocycles. The van der Waals surface area contributed by atoms with Gasteiger partial charge in [-0.15, -0.1) is 11.3 Å². The molecule has 1 aromatic rings. The number of aromatic nitrogens is 1. The smallest absolute Gasteiger partial charge is 0.294 e. The highest BCUT2D eigenvalue weighted by molar-refractivity contribution is 7.14. The van der Waals surface area contributed by atoms with Gasteiger partial charge >= 0.3 is 0 Å². The number of unbranched alkanes of at least 4 members (excludes halogenated alkanes) is 1. The van der Waals surface area contributed by atoms with Gasteiger partial charge in [0.15, 0.2) is 10.8 Å². The molecule has 18 heavy (non-hydrogen) atoms. The minimum atomic E-state index is -0.977. The minimum absolute atomic E-state index is 0.165. The summed E-state index contributed by atoms with van der Waals surface area (Å²) in [4.78, 5) is 30.2. The van der Waals surface area contributed by atoms with Gasteiger partial charge in [-0.2, -0.15) is 0 Å². The molecule has 0 aliphatic rings. The average molecular weight is 269 g/mol. The predicted octanol–water partition coefficient (Wildman–Crippen LogP) is 1.04. The Labute approximate surface area is 108 Å². The van der Waals surface area contributed by atoms with Gasteiger partial charge in [-0.05, 0) is 6.42 Å². The Morgan fingerprint density at radius 1 is 1.72 bits per heavy atom. The van der Waals surface area contributed by atoms with E-state index in [2.05, 4.69) is 15.5 Å². The number of carbonyl (C=O) groups is 2. The number of nitrogens with one attached hydrogen (secondary N) is 2. The molecule has 2 amide bonds. The molecule has 1 rings (SSSR count). The van der Waals surface area contributed by atoms with E-state index in [9.17, 15) is 9.59 Å². The lowest BCUT2D eigenvalue weighted by Gasteiger charge is -1.99. The fourth-order valence-corrected chi connectivity index (χ4v) is 1.68. The van der Waals surface area contributed by atoms with Crippen LogP contribution in [-0.2, 0) is 14.4 Å². The van der Waals surface area contributed by atoms with Gasteiger partial charge in [-0.25, -0.2) is 4.98 Å². The van der Waals surface area contributed by atoms with Crippen molar-refractivity contribution in [1.82, 2.24) is 10.7 Å². The molecule has 1 radical (unpaired) electrons. The second-order valence-corrected chi connectivity index (χ2v) is 4.11. The van der Waals surface area contributed by atoms with Crippen LogP contribution in [-0.4, -0.2) is 29.6 Å². The highest BCUT2D eigenvalue weighted by atomic mass is 32.1. The van der Waals surface area contributed by atoms with Crippen molar-refractivity contribution in [3.63, 3.8) is 0 Å². The number of hydrogen-bond donors (Lipinski definition) is 1. The van der Waals surface area contributed by atoms with Crippen molar-refractivity contribution in [2.75, 3.05) is 11.9 Å². The maximum absolute atomic E-state index is 11.1. The average Bonchev–Trinajstić information content (AvgIpc) is 2.77. The Balaban J connectivity index is 2.76. The molecule has 0 fully saturated rings. The fraction of sp³-hybridized carbons (Fsp3) is 0.400. The van der Waals surface area contributed by atoms with E-state index < -0.39 is 5.91 Å². The first-order valence-corrected chi connectivity index (χ1v) is 6.19. The van der Waals surface area contributed by atoms with E-state index in [0.717, 1.165) is 24.2 Å². The molecule has 0 aliphatic heterocycles. The summed E-state index contributed by atoms with van der Waals surface area (Å²) < 4.78 is 0. The number of rotatable bonds is 8. The van der Waals surface area contributed by atoms with Crippen LogP contribution in [0.4, 0.5) is 5.13 Å². The lowest BCUT2D eigenvalue weighted by atomic mass is 10.3. The third-order valence-corrected chi connectivity index (χ3v) is 2.66. The number of oxime groups is 1. The van der Waals surface area contributed by atoms with Crippen LogP contribution in [0.15, 0.2) is 10.5 Å². The molecule has 0 aromatic carbocycles. The van der Waals surface area contributed by atoms with E-state index in [1.165, 1.54) is 5.38 Å². The zero-order valence-electron chi connectivity index (χ0n) is 9.80. The largest absolute Gasteiger partial charge is 0.395 e. The van der Waals surface area contributed by atoms with E-state index in [0.29, 0.717) is 18.1 Å². The normalized spacial score (nSPS) is 11.1. The third kappa shape index (κ3) is 4.13. The molecule has 0 bridgehead atoms. The Morgan fingerprint density at radius 3 is 3.11 bits per heavy atom. The van der Waals surface area contributed by atoms with Crippen LogP contribution in [0.25, 0.3) is 0 Å². The molecule has 8 heteroatoms. The van der Waals surface area contributed by atoms with Crippen molar-refractivity contribution in [1.29, 1.82) is 0 Å². The van der Waals surface area contributed by atoms with E-state index in [4.69, 9.17) is 10.6 Å². The molecule has 0 atom stereocenters. The van der Waals surface area contributed by atoms with Gasteiger partial charge < -0.3 is 10.2 Å². The second-order valence-electron chi connectivity index (χ2n) is 3.26. The predicted molar refractivity (Wildman–Crippen MR) is 67.3 cm³/mol. The molecule has 2 N–H and O–H groups in total. The Hall–Kier alpha value is -1.96. The number of thiazole rings is 1. The van der Waals surface area contributed by atoms with Crippen LogP contribution in [0.5, 0.6) is 0 Å². The zero-order valence-corrected chi connectivity index (χ0v) is 10.6. The lowest BCUT2D eigenvalue weighted by Crippen LogP contribution is -2.17. The van der Waals surface area contributed by atoms with Gasteiger partial charge in [0.05, 0.1) is 0 Å². The molecule has 0 unspecified atom stereocenters. The SMILES string of the molecule is CCCCON=C(C([NH])=O)c1csc(NC=O)n1. The van der Waals surface area contributed by atoms with Gasteiger partial charge in [-0.1, -0.05) is 18.5 Å². The van der Waals surface area contributed by atoms with Crippen molar-refractivity contribution < 1.29 is 14.4 Å². The van der Waals surface area contributed by atoms with E-state index in [1.54, 1.807) is 0 Å². The first-order valence-electron chi connectivity index (χ1n) is 5.31. The molecular weight excluding hydrogens is 256 g/mol. The standard InChI is InChI=1S/C10H13N4O3S/c1-2-3-4-17-14-8(9(11)16)7-5-18-10(13-7)12-6-15/h5-6,11H,2-4H2,1H3,(H,12,13,15). The highest BCUT2D eigenvalue weighted by Crippen LogP contribution is 2.15. The summed E-state index contributed by atoms with van der Waals surface area (Å²) in [6.07, 6.45) is 2.25. The number of nitrogens with zero attached hydrogens (tertiary/aromatic N) is 2.